The molecule has 0 radical (unpaired) electrons. The number of carbonyl (C=O) groups excluding carboxylic acids is 1. The lowest BCUT2D eigenvalue weighted by Crippen LogP contribution is -2.53. The van der Waals surface area contributed by atoms with Gasteiger partial charge in [-0.2, -0.15) is 0 Å². The number of methoxy groups -OCH3 is 1. The van der Waals surface area contributed by atoms with Gasteiger partial charge in [0.25, 0.3) is 0 Å². The molecule has 1 unspecified atom stereocenters. The maximum Gasteiger partial charge on any atom is 0.309 e. The molecule has 3 heterocycles. The van der Waals surface area contributed by atoms with Gasteiger partial charge in [0.15, 0.2) is 0 Å². The Labute approximate surface area is 163 Å². The van der Waals surface area contributed by atoms with Gasteiger partial charge in [-0.25, -0.2) is 0 Å². The van der Waals surface area contributed by atoms with E-state index in [9.17, 15) is 4.79 Å². The van der Waals surface area contributed by atoms with Crippen molar-refractivity contribution in [1.29, 1.82) is 0 Å². The van der Waals surface area contributed by atoms with Crippen LogP contribution in [0, 0.1) is 11.3 Å². The van der Waals surface area contributed by atoms with Crippen molar-refractivity contribution in [1.82, 2.24) is 9.88 Å². The number of esters is 1. The standard InChI is InChI=1S/C21H27BrN2O2/c1-4-21(13(2)20(25)26-3)9-5-10-24-11-8-15-16-12-14(22)6-7-17(16)23-18(15)19(21)24/h6-7,12-13,19,23H,4-5,8-11H2,1-3H3/t13?,19-,21+/m1/s1. The van der Waals surface area contributed by atoms with Gasteiger partial charge in [-0.15, -0.1) is 0 Å². The number of piperidine rings is 1. The molecule has 3 atom stereocenters. The van der Waals surface area contributed by atoms with Crippen LogP contribution in [0.25, 0.3) is 10.9 Å². The molecule has 2 aliphatic rings. The monoisotopic (exact) mass is 418 g/mol. The van der Waals surface area contributed by atoms with Crippen molar-refractivity contribution in [2.24, 2.45) is 11.3 Å². The van der Waals surface area contributed by atoms with Gasteiger partial charge in [0.1, 0.15) is 0 Å². The van der Waals surface area contributed by atoms with E-state index in [1.807, 2.05) is 0 Å². The SMILES string of the molecule is CC[C@@]1(C(C)C(=O)OC)CCCN2CCc3c([nH]c4ccc(Br)cc34)[C@@H]21. The summed E-state index contributed by atoms with van der Waals surface area (Å²) in [6, 6.07) is 6.72. The van der Waals surface area contributed by atoms with E-state index < -0.39 is 0 Å². The van der Waals surface area contributed by atoms with Crippen LogP contribution in [-0.4, -0.2) is 36.1 Å². The Morgan fingerprint density at radius 3 is 3.00 bits per heavy atom. The van der Waals surface area contributed by atoms with Crippen molar-refractivity contribution in [3.8, 4) is 0 Å². The van der Waals surface area contributed by atoms with Crippen molar-refractivity contribution < 1.29 is 9.53 Å². The summed E-state index contributed by atoms with van der Waals surface area (Å²) in [5.74, 6) is -0.200. The summed E-state index contributed by atoms with van der Waals surface area (Å²) in [4.78, 5) is 18.8. The van der Waals surface area contributed by atoms with Crippen molar-refractivity contribution in [2.75, 3.05) is 20.2 Å². The van der Waals surface area contributed by atoms with E-state index in [0.29, 0.717) is 0 Å². The molecule has 1 aromatic carbocycles. The molecule has 1 aromatic heterocycles. The van der Waals surface area contributed by atoms with E-state index in [1.165, 1.54) is 29.3 Å². The van der Waals surface area contributed by atoms with E-state index in [-0.39, 0.29) is 23.3 Å². The largest absolute Gasteiger partial charge is 0.469 e. The number of aromatic nitrogens is 1. The fourth-order valence-electron chi connectivity index (χ4n) is 5.49. The zero-order chi connectivity index (χ0) is 18.5. The number of aromatic amines is 1. The maximum atomic E-state index is 12.5. The van der Waals surface area contributed by atoms with Crippen LogP contribution >= 0.6 is 15.9 Å². The average Bonchev–Trinajstić information content (AvgIpc) is 3.03. The molecule has 4 nitrogen and oxygen atoms in total. The number of benzene rings is 1. The first kappa shape index (κ1) is 18.1. The third-order valence-corrected chi connectivity index (χ3v) is 7.39. The normalized spacial score (nSPS) is 27.0. The summed E-state index contributed by atoms with van der Waals surface area (Å²) in [6.45, 7) is 6.47. The Morgan fingerprint density at radius 1 is 1.46 bits per heavy atom. The van der Waals surface area contributed by atoms with E-state index in [0.717, 1.165) is 43.2 Å². The predicted octanol–water partition coefficient (Wildman–Crippen LogP) is 4.83. The molecule has 5 heteroatoms. The van der Waals surface area contributed by atoms with E-state index in [1.54, 1.807) is 0 Å². The number of hydrogen-bond acceptors (Lipinski definition) is 3. The molecule has 140 valence electrons. The number of carbonyl (C=O) groups is 1. The molecular weight excluding hydrogens is 392 g/mol. The van der Waals surface area contributed by atoms with Gasteiger partial charge >= 0.3 is 5.97 Å². The van der Waals surface area contributed by atoms with Gasteiger partial charge in [0.05, 0.1) is 19.1 Å². The lowest BCUT2D eigenvalue weighted by molar-refractivity contribution is -0.155. The fraction of sp³-hybridized carbons (Fsp3) is 0.571. The Kier molecular flexibility index (Phi) is 4.64. The van der Waals surface area contributed by atoms with Crippen LogP contribution in [0.15, 0.2) is 22.7 Å². The zero-order valence-electron chi connectivity index (χ0n) is 15.8. The third kappa shape index (κ3) is 2.55. The summed E-state index contributed by atoms with van der Waals surface area (Å²) in [5, 5.41) is 1.32. The van der Waals surface area contributed by atoms with E-state index in [4.69, 9.17) is 4.74 Å². The number of rotatable bonds is 3. The van der Waals surface area contributed by atoms with Crippen LogP contribution in [0.2, 0.25) is 0 Å². The lowest BCUT2D eigenvalue weighted by Gasteiger charge is -2.53. The molecule has 1 N–H and O–H groups in total. The molecule has 0 spiro atoms. The van der Waals surface area contributed by atoms with Gasteiger partial charge in [-0.1, -0.05) is 29.8 Å². The molecule has 1 fully saturated rings. The number of ether oxygens (including phenoxy) is 1. The number of fused-ring (bicyclic) bond motifs is 5. The molecule has 0 bridgehead atoms. The maximum absolute atomic E-state index is 12.5. The lowest BCUT2D eigenvalue weighted by atomic mass is 9.61. The molecule has 0 amide bonds. The first-order valence-corrected chi connectivity index (χ1v) is 10.4. The molecule has 26 heavy (non-hydrogen) atoms. The van der Waals surface area contributed by atoms with E-state index in [2.05, 4.69) is 57.9 Å². The van der Waals surface area contributed by atoms with Crippen molar-refractivity contribution >= 4 is 32.8 Å². The smallest absolute Gasteiger partial charge is 0.309 e. The molecule has 0 aliphatic carbocycles. The third-order valence-electron chi connectivity index (χ3n) is 6.90. The van der Waals surface area contributed by atoms with Gasteiger partial charge < -0.3 is 9.72 Å². The number of H-pyrrole nitrogens is 1. The minimum atomic E-state index is -0.116. The Morgan fingerprint density at radius 2 is 2.27 bits per heavy atom. The summed E-state index contributed by atoms with van der Waals surface area (Å²) in [6.07, 6.45) is 4.25. The number of nitrogens with one attached hydrogen (secondary N) is 1. The average molecular weight is 419 g/mol. The Balaban J connectivity index is 1.89. The number of hydrogen-bond donors (Lipinski definition) is 1. The highest BCUT2D eigenvalue weighted by atomic mass is 79.9. The molecule has 2 aliphatic heterocycles. The van der Waals surface area contributed by atoms with Crippen molar-refractivity contribution in [3.63, 3.8) is 0 Å². The summed E-state index contributed by atoms with van der Waals surface area (Å²) in [7, 11) is 1.51. The van der Waals surface area contributed by atoms with Gasteiger partial charge in [0.2, 0.25) is 0 Å². The zero-order valence-corrected chi connectivity index (χ0v) is 17.4. The van der Waals surface area contributed by atoms with Gasteiger partial charge in [-0.05, 0) is 56.0 Å². The molecule has 0 saturated carbocycles. The topological polar surface area (TPSA) is 45.3 Å². The first-order chi connectivity index (χ1) is 12.5. The van der Waals surface area contributed by atoms with Crippen LogP contribution in [0.5, 0.6) is 0 Å². The highest BCUT2D eigenvalue weighted by Gasteiger charge is 2.52. The van der Waals surface area contributed by atoms with Crippen LogP contribution in [0.3, 0.4) is 0 Å². The van der Waals surface area contributed by atoms with E-state index >= 15 is 0 Å². The second-order valence-corrected chi connectivity index (χ2v) is 8.75. The molecular formula is C21H27BrN2O2. The molecule has 1 saturated heterocycles. The van der Waals surface area contributed by atoms with Crippen molar-refractivity contribution in [3.05, 3.63) is 33.9 Å². The summed E-state index contributed by atoms with van der Waals surface area (Å²) >= 11 is 3.62. The van der Waals surface area contributed by atoms with Crippen LogP contribution in [0.4, 0.5) is 0 Å². The highest BCUT2D eigenvalue weighted by Crippen LogP contribution is 2.55. The van der Waals surface area contributed by atoms with Crippen molar-refractivity contribution in [2.45, 2.75) is 45.6 Å². The van der Waals surface area contributed by atoms with Crippen LogP contribution in [-0.2, 0) is 16.0 Å². The first-order valence-electron chi connectivity index (χ1n) is 9.63. The van der Waals surface area contributed by atoms with Gasteiger partial charge in [0, 0.05) is 33.0 Å². The molecule has 4 rings (SSSR count). The predicted molar refractivity (Wildman–Crippen MR) is 107 cm³/mol. The second-order valence-electron chi connectivity index (χ2n) is 7.83. The fourth-order valence-corrected chi connectivity index (χ4v) is 5.85. The summed E-state index contributed by atoms with van der Waals surface area (Å²) < 4.78 is 6.27. The number of halogens is 1. The van der Waals surface area contributed by atoms with Crippen LogP contribution in [0.1, 0.15) is 50.4 Å². The minimum absolute atomic E-state index is 0.0836. The Hall–Kier alpha value is -1.33. The Bertz CT molecular complexity index is 846. The minimum Gasteiger partial charge on any atom is -0.469 e. The highest BCUT2D eigenvalue weighted by molar-refractivity contribution is 9.10. The number of nitrogens with zero attached hydrogens (tertiary/aromatic N) is 1. The quantitative estimate of drug-likeness (QED) is 0.725. The van der Waals surface area contributed by atoms with Gasteiger partial charge in [-0.3, -0.25) is 9.69 Å². The second kappa shape index (κ2) is 6.68. The molecule has 2 aromatic rings. The van der Waals surface area contributed by atoms with Crippen LogP contribution < -0.4 is 0 Å². The summed E-state index contributed by atoms with van der Waals surface area (Å²) in [5.41, 5.74) is 3.86.